The number of hydrogen-bond acceptors (Lipinski definition) is 12. The first-order valence-electron chi connectivity index (χ1n) is 20.9. The lowest BCUT2D eigenvalue weighted by Gasteiger charge is -2.41. The lowest BCUT2D eigenvalue weighted by molar-refractivity contribution is -0.245. The fraction of sp³-hybridized carbons (Fsp3) is 0.750. The van der Waals surface area contributed by atoms with Crippen LogP contribution >= 0.6 is 0 Å². The number of benzene rings is 1. The number of unbranched alkanes of at least 4 members (excludes halogenated alkanes) is 1. The van der Waals surface area contributed by atoms with Crippen LogP contribution in [0.1, 0.15) is 147 Å². The van der Waals surface area contributed by atoms with Gasteiger partial charge in [0.05, 0.1) is 17.4 Å². The number of phenolic OH excluding ortho intramolecular Hbond substituents is 1. The van der Waals surface area contributed by atoms with Crippen molar-refractivity contribution < 1.29 is 48.1 Å². The minimum Gasteiger partial charge on any atom is -0.508 e. The second-order valence-corrected chi connectivity index (χ2v) is 19.5. The van der Waals surface area contributed by atoms with E-state index in [0.717, 1.165) is 18.4 Å². The molecule has 14 heteroatoms. The molecule has 1 aromatic carbocycles. The van der Waals surface area contributed by atoms with Gasteiger partial charge in [0.1, 0.15) is 28.6 Å². The number of nitrogens with one attached hydrogen (secondary N) is 3. The molecule has 1 saturated carbocycles. The van der Waals surface area contributed by atoms with Crippen LogP contribution in [0.3, 0.4) is 0 Å². The Balaban J connectivity index is 2.35. The third-order valence-electron chi connectivity index (χ3n) is 9.42. The van der Waals surface area contributed by atoms with Crippen LogP contribution in [0, 0.1) is 11.3 Å². The molecular weight excluding hydrogens is 745 g/mol. The Morgan fingerprint density at radius 2 is 1.33 bits per heavy atom. The molecule has 1 aliphatic rings. The van der Waals surface area contributed by atoms with Crippen molar-refractivity contribution in [1.82, 2.24) is 21.0 Å². The Morgan fingerprint density at radius 1 is 0.776 bits per heavy atom. The van der Waals surface area contributed by atoms with Gasteiger partial charge in [-0.05, 0) is 146 Å². The third-order valence-corrected chi connectivity index (χ3v) is 9.42. The van der Waals surface area contributed by atoms with Gasteiger partial charge in [0, 0.05) is 25.0 Å². The van der Waals surface area contributed by atoms with Crippen LogP contribution < -0.4 is 16.0 Å². The number of ether oxygens (including phenoxy) is 3. The summed E-state index contributed by atoms with van der Waals surface area (Å²) in [6, 6.07) is 4.89. The molecule has 0 radical (unpaired) electrons. The molecule has 330 valence electrons. The number of esters is 2. The van der Waals surface area contributed by atoms with E-state index in [2.05, 4.69) is 16.0 Å². The third kappa shape index (κ3) is 17.9. The van der Waals surface area contributed by atoms with Crippen molar-refractivity contribution in [3.05, 3.63) is 29.8 Å². The summed E-state index contributed by atoms with van der Waals surface area (Å²) in [4.78, 5) is 74.4. The SMILES string of the molecule is CCN[C@@H](CCCCNC(=O)OC(C)(C)C)C(=O)NC[C@H](CC1(C(=O)ON([C@@H](Cc2ccc(O)cc2)C(=O)OC(C)(C)C)C(C)(C)C)CCCC1)C(=O)OC(C)(C)C. The molecule has 0 saturated heterocycles. The molecule has 2 rings (SSSR count). The largest absolute Gasteiger partial charge is 0.508 e. The number of hydrogen-bond donors (Lipinski definition) is 4. The fourth-order valence-corrected chi connectivity index (χ4v) is 6.88. The van der Waals surface area contributed by atoms with Crippen molar-refractivity contribution in [2.75, 3.05) is 19.6 Å². The van der Waals surface area contributed by atoms with Crippen LogP contribution in [0.2, 0.25) is 0 Å². The van der Waals surface area contributed by atoms with Gasteiger partial charge in [0.25, 0.3) is 0 Å². The molecule has 0 aliphatic heterocycles. The second-order valence-electron chi connectivity index (χ2n) is 19.5. The van der Waals surface area contributed by atoms with Crippen LogP contribution in [0.25, 0.3) is 0 Å². The van der Waals surface area contributed by atoms with Crippen molar-refractivity contribution in [3.63, 3.8) is 0 Å². The number of carbonyl (C=O) groups excluding carboxylic acids is 5. The minimum absolute atomic E-state index is 0.0603. The monoisotopic (exact) mass is 819 g/mol. The molecule has 0 unspecified atom stereocenters. The normalized spacial score (nSPS) is 16.2. The lowest BCUT2D eigenvalue weighted by atomic mass is 9.77. The Morgan fingerprint density at radius 3 is 1.84 bits per heavy atom. The first-order chi connectivity index (χ1) is 26.6. The molecule has 1 fully saturated rings. The zero-order valence-electron chi connectivity index (χ0n) is 37.6. The molecule has 58 heavy (non-hydrogen) atoms. The number of amides is 2. The molecular formula is C44H74N4O10. The molecule has 3 atom stereocenters. The van der Waals surface area contributed by atoms with Gasteiger partial charge in [-0.1, -0.05) is 31.9 Å². The van der Waals surface area contributed by atoms with Crippen LogP contribution in [0.5, 0.6) is 5.75 Å². The summed E-state index contributed by atoms with van der Waals surface area (Å²) >= 11 is 0. The van der Waals surface area contributed by atoms with Gasteiger partial charge in [0.2, 0.25) is 5.91 Å². The van der Waals surface area contributed by atoms with Crippen molar-refractivity contribution in [2.45, 2.75) is 182 Å². The van der Waals surface area contributed by atoms with Gasteiger partial charge in [-0.2, -0.15) is 0 Å². The maximum atomic E-state index is 14.7. The van der Waals surface area contributed by atoms with E-state index in [0.29, 0.717) is 45.2 Å². The average Bonchev–Trinajstić information content (AvgIpc) is 3.55. The number of alkyl carbamates (subject to hydrolysis) is 1. The maximum Gasteiger partial charge on any atom is 0.407 e. The first-order valence-corrected chi connectivity index (χ1v) is 20.9. The number of carbonyl (C=O) groups is 5. The highest BCUT2D eigenvalue weighted by Crippen LogP contribution is 2.45. The fourth-order valence-electron chi connectivity index (χ4n) is 6.88. The summed E-state index contributed by atoms with van der Waals surface area (Å²) < 4.78 is 17.0. The standard InChI is InChI=1S/C44H74N4O10/c1-14-45-33(19-15-18-26-46-39(54)57-43(11,12)13)35(50)47-29-31(36(51)55-41(5,6)7)28-44(24-16-17-25-44)38(53)58-48(40(2,3)4)34(37(52)56-42(8,9)10)27-30-20-22-32(49)23-21-30/h20-23,31,33-34,45,49H,14-19,24-29H2,1-13H3,(H,46,54)(H,47,50)/t31-,33-,34-/m0/s1. The van der Waals surface area contributed by atoms with Crippen molar-refractivity contribution in [3.8, 4) is 5.75 Å². The number of rotatable bonds is 19. The van der Waals surface area contributed by atoms with Gasteiger partial charge >= 0.3 is 24.0 Å². The van der Waals surface area contributed by atoms with Gasteiger partial charge in [0.15, 0.2) is 0 Å². The van der Waals surface area contributed by atoms with Crippen molar-refractivity contribution in [1.29, 1.82) is 0 Å². The highest BCUT2D eigenvalue weighted by atomic mass is 16.7. The summed E-state index contributed by atoms with van der Waals surface area (Å²) in [5, 5.41) is 20.2. The first kappa shape index (κ1) is 50.2. The topological polar surface area (TPSA) is 182 Å². The summed E-state index contributed by atoms with van der Waals surface area (Å²) in [5.74, 6) is -2.76. The van der Waals surface area contributed by atoms with E-state index in [1.807, 2.05) is 27.7 Å². The van der Waals surface area contributed by atoms with Crippen LogP contribution in [0.4, 0.5) is 4.79 Å². The molecule has 14 nitrogen and oxygen atoms in total. The highest BCUT2D eigenvalue weighted by Gasteiger charge is 2.49. The van der Waals surface area contributed by atoms with E-state index < -0.39 is 69.8 Å². The number of phenols is 1. The molecule has 0 spiro atoms. The number of aromatic hydroxyl groups is 1. The molecule has 0 bridgehead atoms. The Labute approximate surface area is 347 Å². The van der Waals surface area contributed by atoms with E-state index in [1.165, 1.54) is 17.2 Å². The summed E-state index contributed by atoms with van der Waals surface area (Å²) in [6.45, 7) is 24.3. The van der Waals surface area contributed by atoms with E-state index in [4.69, 9.17) is 19.0 Å². The number of hydroxylamine groups is 2. The minimum atomic E-state index is -1.10. The van der Waals surface area contributed by atoms with Crippen molar-refractivity contribution >= 4 is 29.9 Å². The zero-order chi connectivity index (χ0) is 44.1. The molecule has 2 amide bonds. The summed E-state index contributed by atoms with van der Waals surface area (Å²) in [7, 11) is 0. The van der Waals surface area contributed by atoms with E-state index in [9.17, 15) is 29.1 Å². The molecule has 0 heterocycles. The van der Waals surface area contributed by atoms with Gasteiger partial charge in [-0.25, -0.2) is 9.59 Å². The number of nitrogens with zero attached hydrogens (tertiary/aromatic N) is 1. The smallest absolute Gasteiger partial charge is 0.407 e. The van der Waals surface area contributed by atoms with E-state index in [1.54, 1.807) is 74.4 Å². The maximum absolute atomic E-state index is 14.7. The predicted molar refractivity (Wildman–Crippen MR) is 223 cm³/mol. The quantitative estimate of drug-likeness (QED) is 0.0491. The number of likely N-dealkylation sites (N-methyl/N-ethyl adjacent to an activating group) is 1. The molecule has 4 N–H and O–H groups in total. The van der Waals surface area contributed by atoms with Crippen LogP contribution in [0.15, 0.2) is 24.3 Å². The van der Waals surface area contributed by atoms with E-state index in [-0.39, 0.29) is 31.0 Å². The summed E-state index contributed by atoms with van der Waals surface area (Å²) in [6.07, 6.45) is 3.83. The predicted octanol–water partition coefficient (Wildman–Crippen LogP) is 6.90. The summed E-state index contributed by atoms with van der Waals surface area (Å²) in [5.41, 5.74) is -3.47. The molecule has 1 aromatic rings. The van der Waals surface area contributed by atoms with Gasteiger partial charge in [-0.15, -0.1) is 5.06 Å². The average molecular weight is 819 g/mol. The van der Waals surface area contributed by atoms with Crippen LogP contribution in [-0.2, 0) is 44.6 Å². The Bertz CT molecular complexity index is 1500. The van der Waals surface area contributed by atoms with Gasteiger partial charge in [-0.3, -0.25) is 14.4 Å². The Kier molecular flexibility index (Phi) is 18.5. The van der Waals surface area contributed by atoms with E-state index >= 15 is 0 Å². The molecule has 0 aromatic heterocycles. The lowest BCUT2D eigenvalue weighted by Crippen LogP contribution is -2.56. The zero-order valence-corrected chi connectivity index (χ0v) is 37.6. The Hall–Kier alpha value is -3.91. The van der Waals surface area contributed by atoms with Crippen molar-refractivity contribution in [2.24, 2.45) is 11.3 Å². The second kappa shape index (κ2) is 21.4. The molecule has 1 aliphatic carbocycles. The highest BCUT2D eigenvalue weighted by molar-refractivity contribution is 5.83. The van der Waals surface area contributed by atoms with Gasteiger partial charge < -0.3 is 40.1 Å². The van der Waals surface area contributed by atoms with Crippen LogP contribution in [-0.4, -0.2) is 94.1 Å².